The predicted molar refractivity (Wildman–Crippen MR) is 76.0 cm³/mol. The number of ether oxygens (including phenoxy) is 2. The third-order valence-electron chi connectivity index (χ3n) is 3.15. The summed E-state index contributed by atoms with van der Waals surface area (Å²) in [5.74, 6) is 0. The fourth-order valence-electron chi connectivity index (χ4n) is 2.05. The fourth-order valence-corrected chi connectivity index (χ4v) is 3.46. The van der Waals surface area contributed by atoms with Gasteiger partial charge in [0.1, 0.15) is 0 Å². The normalized spacial score (nSPS) is 19.9. The minimum atomic E-state index is -3.59. The molecule has 0 amide bonds. The van der Waals surface area contributed by atoms with Gasteiger partial charge in [-0.3, -0.25) is 0 Å². The lowest BCUT2D eigenvalue weighted by Crippen LogP contribution is -2.39. The van der Waals surface area contributed by atoms with Gasteiger partial charge in [-0.15, -0.1) is 0 Å². The van der Waals surface area contributed by atoms with Crippen LogP contribution in [0.1, 0.15) is 12.5 Å². The highest BCUT2D eigenvalue weighted by molar-refractivity contribution is 7.89. The smallest absolute Gasteiger partial charge is 0.241 e. The Hall–Kier alpha value is -1.15. The van der Waals surface area contributed by atoms with Gasteiger partial charge in [-0.25, -0.2) is 13.1 Å². The standard InChI is InChI=1S/C13H20N2O4S/c1-2-10-3-4-11(14)7-13(10)20(16,17)15-8-12-9-18-5-6-19-12/h3-4,7,12,15H,2,5-6,8-9,14H2,1H3. The first-order valence-corrected chi connectivity index (χ1v) is 8.08. The van der Waals surface area contributed by atoms with Gasteiger partial charge >= 0.3 is 0 Å². The van der Waals surface area contributed by atoms with E-state index in [1.54, 1.807) is 12.1 Å². The van der Waals surface area contributed by atoms with E-state index in [9.17, 15) is 8.42 Å². The highest BCUT2D eigenvalue weighted by atomic mass is 32.2. The predicted octanol–water partition coefficient (Wildman–Crippen LogP) is 0.525. The number of nitrogens with two attached hydrogens (primary N) is 1. The minimum absolute atomic E-state index is 0.195. The van der Waals surface area contributed by atoms with Crippen molar-refractivity contribution in [1.82, 2.24) is 4.72 Å². The first-order valence-electron chi connectivity index (χ1n) is 6.60. The number of nitrogen functional groups attached to an aromatic ring is 1. The van der Waals surface area contributed by atoms with E-state index in [0.717, 1.165) is 5.56 Å². The number of aryl methyl sites for hydroxylation is 1. The Morgan fingerprint density at radius 1 is 1.40 bits per heavy atom. The average Bonchev–Trinajstić information content (AvgIpc) is 2.46. The van der Waals surface area contributed by atoms with E-state index in [0.29, 0.717) is 31.9 Å². The second-order valence-electron chi connectivity index (χ2n) is 4.64. The van der Waals surface area contributed by atoms with E-state index < -0.39 is 10.0 Å². The highest BCUT2D eigenvalue weighted by Gasteiger charge is 2.21. The topological polar surface area (TPSA) is 90.7 Å². The highest BCUT2D eigenvalue weighted by Crippen LogP contribution is 2.19. The fraction of sp³-hybridized carbons (Fsp3) is 0.538. The van der Waals surface area contributed by atoms with Crippen molar-refractivity contribution in [2.24, 2.45) is 0 Å². The van der Waals surface area contributed by atoms with Crippen LogP contribution < -0.4 is 10.5 Å². The van der Waals surface area contributed by atoms with Crippen molar-refractivity contribution in [3.8, 4) is 0 Å². The van der Waals surface area contributed by atoms with Crippen LogP contribution in [-0.2, 0) is 25.9 Å². The van der Waals surface area contributed by atoms with E-state index in [2.05, 4.69) is 4.72 Å². The third-order valence-corrected chi connectivity index (χ3v) is 4.65. The van der Waals surface area contributed by atoms with Gasteiger partial charge in [0, 0.05) is 12.2 Å². The number of benzene rings is 1. The van der Waals surface area contributed by atoms with Gasteiger partial charge in [0.05, 0.1) is 30.8 Å². The largest absolute Gasteiger partial charge is 0.399 e. The molecule has 1 aliphatic rings. The number of hydrogen-bond acceptors (Lipinski definition) is 5. The van der Waals surface area contributed by atoms with Crippen molar-refractivity contribution in [2.75, 3.05) is 32.1 Å². The van der Waals surface area contributed by atoms with Crippen molar-refractivity contribution in [3.05, 3.63) is 23.8 Å². The molecule has 1 atom stereocenters. The lowest BCUT2D eigenvalue weighted by Gasteiger charge is -2.23. The van der Waals surface area contributed by atoms with E-state index in [1.165, 1.54) is 6.07 Å². The van der Waals surface area contributed by atoms with Crippen LogP contribution in [0.4, 0.5) is 5.69 Å². The molecule has 6 nitrogen and oxygen atoms in total. The molecule has 112 valence electrons. The molecule has 0 aliphatic carbocycles. The van der Waals surface area contributed by atoms with Crippen molar-refractivity contribution in [2.45, 2.75) is 24.3 Å². The Morgan fingerprint density at radius 3 is 2.85 bits per heavy atom. The maximum absolute atomic E-state index is 12.3. The summed E-state index contributed by atoms with van der Waals surface area (Å²) in [6.45, 7) is 3.55. The van der Waals surface area contributed by atoms with Gasteiger partial charge in [0.2, 0.25) is 10.0 Å². The van der Waals surface area contributed by atoms with Crippen molar-refractivity contribution >= 4 is 15.7 Å². The van der Waals surface area contributed by atoms with Crippen LogP contribution >= 0.6 is 0 Å². The maximum atomic E-state index is 12.3. The summed E-state index contributed by atoms with van der Waals surface area (Å²) in [4.78, 5) is 0.233. The summed E-state index contributed by atoms with van der Waals surface area (Å²) in [6.07, 6.45) is 0.379. The van der Waals surface area contributed by atoms with Crippen molar-refractivity contribution < 1.29 is 17.9 Å². The molecule has 3 N–H and O–H groups in total. The molecular formula is C13H20N2O4S. The van der Waals surface area contributed by atoms with Crippen LogP contribution in [0.2, 0.25) is 0 Å². The van der Waals surface area contributed by atoms with Gasteiger partial charge < -0.3 is 15.2 Å². The number of hydrogen-bond donors (Lipinski definition) is 2. The summed E-state index contributed by atoms with van der Waals surface area (Å²) in [5.41, 5.74) is 6.85. The molecule has 0 radical (unpaired) electrons. The van der Waals surface area contributed by atoms with Crippen molar-refractivity contribution in [1.29, 1.82) is 0 Å². The molecule has 0 aromatic heterocycles. The molecule has 1 unspecified atom stereocenters. The van der Waals surface area contributed by atoms with Crippen molar-refractivity contribution in [3.63, 3.8) is 0 Å². The molecular weight excluding hydrogens is 280 g/mol. The van der Waals surface area contributed by atoms with Gasteiger partial charge in [0.25, 0.3) is 0 Å². The van der Waals surface area contributed by atoms with Gasteiger partial charge in [-0.2, -0.15) is 0 Å². The Morgan fingerprint density at radius 2 is 2.20 bits per heavy atom. The zero-order valence-corrected chi connectivity index (χ0v) is 12.3. The second kappa shape index (κ2) is 6.53. The summed E-state index contributed by atoms with van der Waals surface area (Å²) in [7, 11) is -3.59. The van der Waals surface area contributed by atoms with Gasteiger partial charge in [-0.05, 0) is 24.1 Å². The van der Waals surface area contributed by atoms with Crippen LogP contribution in [0.15, 0.2) is 23.1 Å². The maximum Gasteiger partial charge on any atom is 0.241 e. The molecule has 7 heteroatoms. The molecule has 0 spiro atoms. The van der Waals surface area contributed by atoms with Crippen LogP contribution in [0, 0.1) is 0 Å². The first kappa shape index (κ1) is 15.2. The molecule has 1 fully saturated rings. The molecule has 1 saturated heterocycles. The average molecular weight is 300 g/mol. The Balaban J connectivity index is 2.11. The molecule has 2 rings (SSSR count). The summed E-state index contributed by atoms with van der Waals surface area (Å²) < 4.78 is 37.9. The minimum Gasteiger partial charge on any atom is -0.399 e. The lowest BCUT2D eigenvalue weighted by molar-refractivity contribution is -0.0846. The van der Waals surface area contributed by atoms with Crippen LogP contribution in [0.25, 0.3) is 0 Å². The Labute approximate surface area is 119 Å². The lowest BCUT2D eigenvalue weighted by atomic mass is 10.1. The Kier molecular flexibility index (Phi) is 4.98. The summed E-state index contributed by atoms with van der Waals surface area (Å²) in [5, 5.41) is 0. The number of rotatable bonds is 5. The number of nitrogens with one attached hydrogen (secondary N) is 1. The first-order chi connectivity index (χ1) is 9.53. The molecule has 0 bridgehead atoms. The third kappa shape index (κ3) is 3.69. The number of anilines is 1. The zero-order chi connectivity index (χ0) is 14.6. The van der Waals surface area contributed by atoms with E-state index in [1.807, 2.05) is 6.92 Å². The van der Waals surface area contributed by atoms with Crippen LogP contribution in [0.3, 0.4) is 0 Å². The van der Waals surface area contributed by atoms with Gasteiger partial charge in [0.15, 0.2) is 0 Å². The SMILES string of the molecule is CCc1ccc(N)cc1S(=O)(=O)NCC1COCCO1. The molecule has 20 heavy (non-hydrogen) atoms. The quantitative estimate of drug-likeness (QED) is 0.774. The molecule has 1 aliphatic heterocycles. The molecule has 1 aromatic carbocycles. The van der Waals surface area contributed by atoms with Gasteiger partial charge in [-0.1, -0.05) is 13.0 Å². The number of sulfonamides is 1. The zero-order valence-electron chi connectivity index (χ0n) is 11.5. The van der Waals surface area contributed by atoms with Crippen LogP contribution in [-0.4, -0.2) is 40.9 Å². The molecule has 0 saturated carbocycles. The monoisotopic (exact) mass is 300 g/mol. The van der Waals surface area contributed by atoms with E-state index in [4.69, 9.17) is 15.2 Å². The molecule has 1 heterocycles. The summed E-state index contributed by atoms with van der Waals surface area (Å²) >= 11 is 0. The summed E-state index contributed by atoms with van der Waals surface area (Å²) in [6, 6.07) is 4.93. The van der Waals surface area contributed by atoms with E-state index in [-0.39, 0.29) is 17.5 Å². The molecule has 1 aromatic rings. The van der Waals surface area contributed by atoms with Crippen LogP contribution in [0.5, 0.6) is 0 Å². The second-order valence-corrected chi connectivity index (χ2v) is 6.38. The Bertz CT molecular complexity index is 553. The van der Waals surface area contributed by atoms with E-state index >= 15 is 0 Å².